The zero-order valence-electron chi connectivity index (χ0n) is 15.6. The molecule has 1 aliphatic rings. The van der Waals surface area contributed by atoms with Crippen LogP contribution in [0.2, 0.25) is 0 Å². The number of carbonyl (C=O) groups is 1. The zero-order valence-corrected chi connectivity index (χ0v) is 18.0. The van der Waals surface area contributed by atoms with Gasteiger partial charge in [0.25, 0.3) is 5.91 Å². The Morgan fingerprint density at radius 1 is 1.22 bits per heavy atom. The Hall–Kier alpha value is -1.80. The lowest BCUT2D eigenvalue weighted by Crippen LogP contribution is -2.38. The predicted molar refractivity (Wildman–Crippen MR) is 109 cm³/mol. The molecule has 1 fully saturated rings. The van der Waals surface area contributed by atoms with Gasteiger partial charge in [-0.25, -0.2) is 0 Å². The number of carbonyl (C=O) groups excluding carboxylic acids is 1. The number of likely N-dealkylation sites (tertiary alicyclic amines) is 1. The molecule has 6 nitrogen and oxygen atoms in total. The highest BCUT2D eigenvalue weighted by Crippen LogP contribution is 2.29. The third-order valence-electron chi connectivity index (χ3n) is 4.98. The molecule has 0 aliphatic carbocycles. The third-order valence-corrected chi connectivity index (χ3v) is 6.66. The van der Waals surface area contributed by atoms with Crippen molar-refractivity contribution in [3.8, 4) is 0 Å². The van der Waals surface area contributed by atoms with Gasteiger partial charge in [-0.3, -0.25) is 4.79 Å². The first-order chi connectivity index (χ1) is 12.8. The van der Waals surface area contributed by atoms with Crippen LogP contribution in [0.1, 0.15) is 60.7 Å². The first-order valence-corrected chi connectivity index (χ1v) is 10.8. The molecule has 1 saturated heterocycles. The summed E-state index contributed by atoms with van der Waals surface area (Å²) in [5, 5.41) is 15.4. The van der Waals surface area contributed by atoms with Gasteiger partial charge in [-0.2, -0.15) is 9.61 Å². The first-order valence-electron chi connectivity index (χ1n) is 9.09. The normalized spacial score (nSPS) is 16.2. The van der Waals surface area contributed by atoms with Crippen LogP contribution >= 0.6 is 27.3 Å². The molecule has 3 aromatic rings. The van der Waals surface area contributed by atoms with Gasteiger partial charge in [0.2, 0.25) is 0 Å². The average molecular weight is 448 g/mol. The van der Waals surface area contributed by atoms with Crippen molar-refractivity contribution in [2.75, 3.05) is 13.1 Å². The fourth-order valence-electron chi connectivity index (χ4n) is 3.38. The molecule has 0 spiro atoms. The minimum absolute atomic E-state index is 0.0273. The molecule has 0 radical (unpaired) electrons. The monoisotopic (exact) mass is 447 g/mol. The number of aromatic nitrogens is 4. The summed E-state index contributed by atoms with van der Waals surface area (Å²) in [5.41, 5.74) is 1.77. The maximum absolute atomic E-state index is 12.6. The summed E-state index contributed by atoms with van der Waals surface area (Å²) in [6.45, 7) is 7.91. The van der Waals surface area contributed by atoms with E-state index < -0.39 is 0 Å². The fraction of sp³-hybridized carbons (Fsp3) is 0.474. The lowest BCUT2D eigenvalue weighted by molar-refractivity contribution is 0.0715. The van der Waals surface area contributed by atoms with Crippen molar-refractivity contribution in [1.82, 2.24) is 24.7 Å². The van der Waals surface area contributed by atoms with E-state index in [-0.39, 0.29) is 17.2 Å². The van der Waals surface area contributed by atoms with Crippen LogP contribution in [-0.2, 0) is 5.41 Å². The van der Waals surface area contributed by atoms with Crippen molar-refractivity contribution < 1.29 is 4.79 Å². The third kappa shape index (κ3) is 3.65. The number of amides is 1. The van der Waals surface area contributed by atoms with Gasteiger partial charge < -0.3 is 4.90 Å². The van der Waals surface area contributed by atoms with Crippen molar-refractivity contribution in [2.24, 2.45) is 0 Å². The Bertz CT molecular complexity index is 982. The molecule has 27 heavy (non-hydrogen) atoms. The summed E-state index contributed by atoms with van der Waals surface area (Å²) in [7, 11) is 0. The van der Waals surface area contributed by atoms with E-state index in [1.54, 1.807) is 0 Å². The molecule has 1 aliphatic heterocycles. The van der Waals surface area contributed by atoms with E-state index >= 15 is 0 Å². The topological polar surface area (TPSA) is 63.4 Å². The standard InChI is InChI=1S/C19H22BrN5OS/c1-19(2,3)15-4-5-16-21-22-17(25(16)23-15)12-6-8-24(9-7-12)18(26)14-10-13(20)11-27-14/h4-5,10-12H,6-9H2,1-3H3. The van der Waals surface area contributed by atoms with Gasteiger partial charge in [0.05, 0.1) is 10.6 Å². The van der Waals surface area contributed by atoms with Crippen LogP contribution in [0.3, 0.4) is 0 Å². The summed E-state index contributed by atoms with van der Waals surface area (Å²) < 4.78 is 2.85. The highest BCUT2D eigenvalue weighted by atomic mass is 79.9. The Morgan fingerprint density at radius 3 is 2.59 bits per heavy atom. The maximum atomic E-state index is 12.6. The summed E-state index contributed by atoms with van der Waals surface area (Å²) in [5.74, 6) is 1.28. The zero-order chi connectivity index (χ0) is 19.2. The summed E-state index contributed by atoms with van der Waals surface area (Å²) >= 11 is 4.90. The lowest BCUT2D eigenvalue weighted by Gasteiger charge is -2.30. The quantitative estimate of drug-likeness (QED) is 0.588. The molecular formula is C19H22BrN5OS. The van der Waals surface area contributed by atoms with Crippen LogP contribution in [0.4, 0.5) is 0 Å². The van der Waals surface area contributed by atoms with E-state index in [9.17, 15) is 4.79 Å². The second kappa shape index (κ2) is 6.98. The molecule has 4 heterocycles. The minimum Gasteiger partial charge on any atom is -0.338 e. The van der Waals surface area contributed by atoms with E-state index in [4.69, 9.17) is 5.10 Å². The Balaban J connectivity index is 1.52. The van der Waals surface area contributed by atoms with Gasteiger partial charge in [-0.15, -0.1) is 21.5 Å². The van der Waals surface area contributed by atoms with Gasteiger partial charge in [-0.05, 0) is 47.0 Å². The van der Waals surface area contributed by atoms with E-state index in [0.29, 0.717) is 0 Å². The Labute approximate surface area is 170 Å². The van der Waals surface area contributed by atoms with Gasteiger partial charge in [0.15, 0.2) is 11.5 Å². The molecule has 4 rings (SSSR count). The van der Waals surface area contributed by atoms with Gasteiger partial charge in [0.1, 0.15) is 0 Å². The average Bonchev–Trinajstić information content (AvgIpc) is 3.26. The number of fused-ring (bicyclic) bond motifs is 1. The summed E-state index contributed by atoms with van der Waals surface area (Å²) in [4.78, 5) is 15.4. The SMILES string of the molecule is CC(C)(C)c1ccc2nnc(C3CCN(C(=O)c4cc(Br)cs4)CC3)n2n1. The van der Waals surface area contributed by atoms with Gasteiger partial charge >= 0.3 is 0 Å². The largest absolute Gasteiger partial charge is 0.338 e. The molecule has 0 atom stereocenters. The molecule has 0 unspecified atom stereocenters. The Morgan fingerprint density at radius 2 is 1.96 bits per heavy atom. The molecule has 0 saturated carbocycles. The Kier molecular flexibility index (Phi) is 4.80. The minimum atomic E-state index is -0.0273. The fourth-order valence-corrected chi connectivity index (χ4v) is 4.78. The van der Waals surface area contributed by atoms with Gasteiger partial charge in [-0.1, -0.05) is 20.8 Å². The van der Waals surface area contributed by atoms with Crippen LogP contribution in [0.15, 0.2) is 28.1 Å². The molecule has 1 amide bonds. The number of nitrogens with zero attached hydrogens (tertiary/aromatic N) is 5. The van der Waals surface area contributed by atoms with Crippen LogP contribution in [0, 0.1) is 0 Å². The van der Waals surface area contributed by atoms with Gasteiger partial charge in [0, 0.05) is 34.3 Å². The lowest BCUT2D eigenvalue weighted by atomic mass is 9.92. The first kappa shape index (κ1) is 18.6. The number of hydrogen-bond donors (Lipinski definition) is 0. The molecule has 8 heteroatoms. The second-order valence-corrected chi connectivity index (χ2v) is 9.82. The maximum Gasteiger partial charge on any atom is 0.263 e. The van der Waals surface area contributed by atoms with Crippen LogP contribution in [-0.4, -0.2) is 43.7 Å². The molecule has 142 valence electrons. The van der Waals surface area contributed by atoms with Crippen molar-refractivity contribution in [3.05, 3.63) is 44.4 Å². The van der Waals surface area contributed by atoms with Crippen LogP contribution in [0.5, 0.6) is 0 Å². The number of thiophene rings is 1. The number of halogens is 1. The van der Waals surface area contributed by atoms with Crippen molar-refractivity contribution >= 4 is 38.8 Å². The number of piperidine rings is 1. The van der Waals surface area contributed by atoms with E-state index in [1.807, 2.05) is 33.0 Å². The summed E-state index contributed by atoms with van der Waals surface area (Å²) in [6.07, 6.45) is 1.75. The molecule has 3 aromatic heterocycles. The number of rotatable bonds is 2. The van der Waals surface area contributed by atoms with Crippen LogP contribution < -0.4 is 0 Å². The number of hydrogen-bond acceptors (Lipinski definition) is 5. The van der Waals surface area contributed by atoms with Crippen LogP contribution in [0.25, 0.3) is 5.65 Å². The van der Waals surface area contributed by atoms with E-state index in [2.05, 4.69) is 46.9 Å². The summed E-state index contributed by atoms with van der Waals surface area (Å²) in [6, 6.07) is 5.90. The smallest absolute Gasteiger partial charge is 0.263 e. The highest BCUT2D eigenvalue weighted by molar-refractivity contribution is 9.10. The van der Waals surface area contributed by atoms with Crippen molar-refractivity contribution in [1.29, 1.82) is 0 Å². The van der Waals surface area contributed by atoms with Crippen molar-refractivity contribution in [2.45, 2.75) is 44.9 Å². The molecule has 0 aromatic carbocycles. The molecular weight excluding hydrogens is 426 g/mol. The van der Waals surface area contributed by atoms with E-state index in [1.165, 1.54) is 11.3 Å². The molecule has 0 N–H and O–H groups in total. The molecule has 0 bridgehead atoms. The predicted octanol–water partition coefficient (Wildman–Crippen LogP) is 4.27. The highest BCUT2D eigenvalue weighted by Gasteiger charge is 2.29. The van der Waals surface area contributed by atoms with Crippen molar-refractivity contribution in [3.63, 3.8) is 0 Å². The second-order valence-electron chi connectivity index (χ2n) is 7.99. The van der Waals surface area contributed by atoms with E-state index in [0.717, 1.165) is 52.4 Å².